The van der Waals surface area contributed by atoms with Crippen LogP contribution in [0.5, 0.6) is 5.75 Å². The number of nitrogen functional groups attached to an aromatic ring is 1. The van der Waals surface area contributed by atoms with E-state index < -0.39 is 0 Å². The van der Waals surface area contributed by atoms with Gasteiger partial charge in [-0.15, -0.1) is 0 Å². The molecule has 0 amide bonds. The fourth-order valence-corrected chi connectivity index (χ4v) is 4.01. The lowest BCUT2D eigenvalue weighted by Crippen LogP contribution is -2.18. The number of rotatable bonds is 7. The minimum atomic E-state index is 0.176. The van der Waals surface area contributed by atoms with E-state index in [1.54, 1.807) is 18.2 Å². The van der Waals surface area contributed by atoms with E-state index in [4.69, 9.17) is 16.3 Å². The second-order valence-electron chi connectivity index (χ2n) is 7.97. The van der Waals surface area contributed by atoms with E-state index in [1.165, 1.54) is 37.5 Å². The Bertz CT molecular complexity index is 864. The maximum atomic E-state index is 9.98. The van der Waals surface area contributed by atoms with E-state index in [2.05, 4.69) is 36.6 Å². The van der Waals surface area contributed by atoms with Crippen LogP contribution in [0, 0.1) is 5.92 Å². The van der Waals surface area contributed by atoms with Gasteiger partial charge < -0.3 is 26.5 Å². The van der Waals surface area contributed by atoms with Crippen molar-refractivity contribution in [2.75, 3.05) is 26.4 Å². The Morgan fingerprint density at radius 3 is 2.67 bits per heavy atom. The predicted octanol–water partition coefficient (Wildman–Crippen LogP) is 3.97. The Balaban J connectivity index is 0.000000735. The molecule has 6 nitrogen and oxygen atoms in total. The number of aromatic amines is 1. The Kier molecular flexibility index (Phi) is 8.74. The van der Waals surface area contributed by atoms with Crippen LogP contribution in [0.1, 0.15) is 48.4 Å². The normalized spacial score (nSPS) is 18.7. The van der Waals surface area contributed by atoms with E-state index in [0.29, 0.717) is 35.2 Å². The third kappa shape index (κ3) is 6.26. The molecule has 162 valence electrons. The average molecular weight is 411 g/mol. The van der Waals surface area contributed by atoms with Gasteiger partial charge >= 0.3 is 0 Å². The smallest absolute Gasteiger partial charge is 0.142 e. The van der Waals surface area contributed by atoms with Gasteiger partial charge in [0.15, 0.2) is 0 Å². The zero-order valence-electron chi connectivity index (χ0n) is 18.0. The van der Waals surface area contributed by atoms with Crippen LogP contribution in [0.3, 0.4) is 0 Å². The summed E-state index contributed by atoms with van der Waals surface area (Å²) in [5.41, 5.74) is 15.6. The van der Waals surface area contributed by atoms with Gasteiger partial charge in [0.25, 0.3) is 0 Å². The number of benzene rings is 1. The molecule has 0 spiro atoms. The summed E-state index contributed by atoms with van der Waals surface area (Å²) in [5.74, 6) is 2.04. The third-order valence-corrected chi connectivity index (χ3v) is 5.53. The number of hydrogen-bond donors (Lipinski definition) is 4. The van der Waals surface area contributed by atoms with Crippen LogP contribution >= 0.6 is 0 Å². The standard InChI is InChI=1S/C21H30N4O.C3H4O/c1-25(2)11-10-14-6-5-8-16(14)19-13-15(21(23)24-19)12-18(22)17-7-3-4-9-20(17)26;1-2-3-4/h3-4,7,9,12-14,16,24,26H,5-6,8,10-11,22-23H2,1-2H3;2-3H,1H2/b18-12-;/t14-,16?;/m1./s1. The van der Waals surface area contributed by atoms with Gasteiger partial charge in [-0.05, 0) is 76.2 Å². The van der Waals surface area contributed by atoms with Gasteiger partial charge in [-0.1, -0.05) is 25.1 Å². The molecule has 1 heterocycles. The second-order valence-corrected chi connectivity index (χ2v) is 7.97. The molecule has 1 aliphatic carbocycles. The summed E-state index contributed by atoms with van der Waals surface area (Å²) in [7, 11) is 4.25. The number of hydrogen-bond acceptors (Lipinski definition) is 5. The van der Waals surface area contributed by atoms with Crippen LogP contribution in [0.4, 0.5) is 5.82 Å². The number of nitrogens with one attached hydrogen (secondary N) is 1. The highest BCUT2D eigenvalue weighted by Crippen LogP contribution is 2.42. The number of carbonyl (C=O) groups is 1. The fraction of sp³-hybridized carbons (Fsp3) is 0.375. The molecule has 1 saturated carbocycles. The molecule has 6 N–H and O–H groups in total. The molecule has 1 aromatic heterocycles. The molecule has 0 bridgehead atoms. The van der Waals surface area contributed by atoms with Crippen LogP contribution < -0.4 is 11.5 Å². The minimum absolute atomic E-state index is 0.176. The van der Waals surface area contributed by atoms with Crippen LogP contribution in [-0.4, -0.2) is 41.9 Å². The van der Waals surface area contributed by atoms with Crippen molar-refractivity contribution in [2.24, 2.45) is 11.7 Å². The van der Waals surface area contributed by atoms with Crippen molar-refractivity contribution in [3.8, 4) is 5.75 Å². The van der Waals surface area contributed by atoms with Gasteiger partial charge in [-0.3, -0.25) is 4.79 Å². The number of anilines is 1. The second kappa shape index (κ2) is 11.3. The van der Waals surface area contributed by atoms with Crippen molar-refractivity contribution >= 4 is 23.9 Å². The van der Waals surface area contributed by atoms with Crippen LogP contribution in [0.25, 0.3) is 11.8 Å². The lowest BCUT2D eigenvalue weighted by molar-refractivity contribution is -0.104. The molecule has 0 radical (unpaired) electrons. The molecule has 1 aromatic carbocycles. The van der Waals surface area contributed by atoms with Crippen LogP contribution in [0.2, 0.25) is 0 Å². The highest BCUT2D eigenvalue weighted by Gasteiger charge is 2.29. The number of allylic oxidation sites excluding steroid dienone is 1. The first-order valence-corrected chi connectivity index (χ1v) is 10.3. The molecule has 0 aliphatic heterocycles. The molecular formula is C24H34N4O2. The first-order valence-electron chi connectivity index (χ1n) is 10.3. The van der Waals surface area contributed by atoms with Crippen molar-refractivity contribution in [3.63, 3.8) is 0 Å². The van der Waals surface area contributed by atoms with E-state index in [-0.39, 0.29) is 5.75 Å². The monoisotopic (exact) mass is 410 g/mol. The topological polar surface area (TPSA) is 108 Å². The minimum Gasteiger partial charge on any atom is -0.507 e. The zero-order valence-corrected chi connectivity index (χ0v) is 18.0. The van der Waals surface area contributed by atoms with E-state index in [9.17, 15) is 5.11 Å². The lowest BCUT2D eigenvalue weighted by Gasteiger charge is -2.20. The number of nitrogens with two attached hydrogens (primary N) is 2. The number of H-pyrrole nitrogens is 1. The zero-order chi connectivity index (χ0) is 22.1. The van der Waals surface area contributed by atoms with Crippen molar-refractivity contribution in [2.45, 2.75) is 31.6 Å². The van der Waals surface area contributed by atoms with Gasteiger partial charge in [0.1, 0.15) is 17.9 Å². The number of carbonyl (C=O) groups excluding carboxylic acids is 1. The molecule has 0 saturated heterocycles. The quantitative estimate of drug-likeness (QED) is 0.408. The number of phenolic OH excluding ortho intramolecular Hbond substituents is 1. The Labute approximate surface area is 179 Å². The summed E-state index contributed by atoms with van der Waals surface area (Å²) in [4.78, 5) is 14.7. The molecular weight excluding hydrogens is 376 g/mol. The third-order valence-electron chi connectivity index (χ3n) is 5.53. The summed E-state index contributed by atoms with van der Waals surface area (Å²) in [6.07, 6.45) is 8.64. The van der Waals surface area contributed by atoms with E-state index in [1.807, 2.05) is 12.1 Å². The van der Waals surface area contributed by atoms with Crippen molar-refractivity contribution < 1.29 is 9.90 Å². The predicted molar refractivity (Wildman–Crippen MR) is 125 cm³/mol. The molecule has 1 aliphatic rings. The Morgan fingerprint density at radius 1 is 1.33 bits per heavy atom. The number of phenols is 1. The largest absolute Gasteiger partial charge is 0.507 e. The summed E-state index contributed by atoms with van der Waals surface area (Å²) in [6, 6.07) is 9.20. The lowest BCUT2D eigenvalue weighted by atomic mass is 9.90. The highest BCUT2D eigenvalue weighted by molar-refractivity contribution is 5.84. The highest BCUT2D eigenvalue weighted by atomic mass is 16.3. The summed E-state index contributed by atoms with van der Waals surface area (Å²) < 4.78 is 0. The number of para-hydroxylation sites is 1. The van der Waals surface area contributed by atoms with Gasteiger partial charge in [0.05, 0.1) is 0 Å². The average Bonchev–Trinajstić information content (AvgIpc) is 3.33. The molecule has 1 fully saturated rings. The molecule has 30 heavy (non-hydrogen) atoms. The fourth-order valence-electron chi connectivity index (χ4n) is 4.01. The molecule has 1 unspecified atom stereocenters. The number of nitrogens with zero attached hydrogens (tertiary/aromatic N) is 1. The maximum Gasteiger partial charge on any atom is 0.142 e. The van der Waals surface area contributed by atoms with E-state index in [0.717, 1.165) is 12.1 Å². The first-order chi connectivity index (χ1) is 14.4. The van der Waals surface area contributed by atoms with Crippen LogP contribution in [-0.2, 0) is 4.79 Å². The first kappa shape index (κ1) is 23.3. The van der Waals surface area contributed by atoms with Gasteiger partial charge in [0.2, 0.25) is 0 Å². The molecule has 2 atom stereocenters. The van der Waals surface area contributed by atoms with Gasteiger partial charge in [0, 0.05) is 28.4 Å². The van der Waals surface area contributed by atoms with Crippen molar-refractivity contribution in [1.29, 1.82) is 0 Å². The van der Waals surface area contributed by atoms with Crippen molar-refractivity contribution in [3.05, 3.63) is 59.8 Å². The Morgan fingerprint density at radius 2 is 2.03 bits per heavy atom. The maximum absolute atomic E-state index is 9.98. The summed E-state index contributed by atoms with van der Waals surface area (Å²) in [6.45, 7) is 4.23. The summed E-state index contributed by atoms with van der Waals surface area (Å²) >= 11 is 0. The van der Waals surface area contributed by atoms with Gasteiger partial charge in [-0.2, -0.15) is 0 Å². The van der Waals surface area contributed by atoms with Crippen molar-refractivity contribution in [1.82, 2.24) is 9.88 Å². The SMILES string of the molecule is C=CC=O.CN(C)CC[C@H]1CCCC1c1cc(/C=C(\N)c2ccccc2O)c(N)[nH]1. The molecule has 6 heteroatoms. The molecule has 3 rings (SSSR count). The summed E-state index contributed by atoms with van der Waals surface area (Å²) in [5, 5.41) is 9.98. The molecule has 2 aromatic rings. The number of aldehydes is 1. The number of aromatic nitrogens is 1. The number of aromatic hydroxyl groups is 1. The Hall–Kier alpha value is -2.99. The van der Waals surface area contributed by atoms with Crippen LogP contribution in [0.15, 0.2) is 43.0 Å². The van der Waals surface area contributed by atoms with Gasteiger partial charge in [-0.25, -0.2) is 0 Å². The van der Waals surface area contributed by atoms with E-state index >= 15 is 0 Å².